The van der Waals surface area contributed by atoms with E-state index in [-0.39, 0.29) is 24.6 Å². The highest BCUT2D eigenvalue weighted by molar-refractivity contribution is 6.56. The third-order valence-corrected chi connectivity index (χ3v) is 7.53. The first-order chi connectivity index (χ1) is 18.1. The van der Waals surface area contributed by atoms with Crippen LogP contribution >= 0.6 is 0 Å². The summed E-state index contributed by atoms with van der Waals surface area (Å²) in [5.41, 5.74) is 3.05. The summed E-state index contributed by atoms with van der Waals surface area (Å²) in [6.07, 6.45) is 1.91. The number of aromatic amines is 1. The van der Waals surface area contributed by atoms with Crippen molar-refractivity contribution in [2.75, 3.05) is 13.2 Å². The molecule has 10 heteroatoms. The Morgan fingerprint density at radius 3 is 2.24 bits per heavy atom. The number of aromatic hydroxyl groups is 1. The smallest absolute Gasteiger partial charge is 0.492 e. The number of H-pyrrole nitrogens is 1. The van der Waals surface area contributed by atoms with Gasteiger partial charge in [0.2, 0.25) is 5.88 Å². The van der Waals surface area contributed by atoms with Crippen LogP contribution in [0.5, 0.6) is 5.88 Å². The highest BCUT2D eigenvalue weighted by Gasteiger charge is 2.52. The van der Waals surface area contributed by atoms with Crippen LogP contribution in [0, 0.1) is 0 Å². The van der Waals surface area contributed by atoms with Gasteiger partial charge in [-0.25, -0.2) is 9.78 Å². The lowest BCUT2D eigenvalue weighted by molar-refractivity contribution is 0.00578. The summed E-state index contributed by atoms with van der Waals surface area (Å²) in [7, 11) is -0.868. The lowest BCUT2D eigenvalue weighted by atomic mass is 9.77. The molecule has 196 valence electrons. The zero-order valence-electron chi connectivity index (χ0n) is 21.8. The van der Waals surface area contributed by atoms with Gasteiger partial charge in [0.15, 0.2) is 0 Å². The van der Waals surface area contributed by atoms with Gasteiger partial charge in [0, 0.05) is 12.5 Å². The molecule has 2 aliphatic rings. The van der Waals surface area contributed by atoms with Crippen LogP contribution in [-0.4, -0.2) is 52.6 Å². The molecular formula is C28H30BN3O6. The topological polar surface area (TPSA) is 123 Å². The Labute approximate surface area is 221 Å². The number of rotatable bonds is 6. The molecule has 0 atom stereocenters. The summed E-state index contributed by atoms with van der Waals surface area (Å²) < 4.78 is 17.9. The molecule has 1 amide bonds. The van der Waals surface area contributed by atoms with Crippen molar-refractivity contribution in [3.63, 3.8) is 0 Å². The summed E-state index contributed by atoms with van der Waals surface area (Å²) in [5, 5.41) is 12.9. The Bertz CT molecular complexity index is 1400. The SMILES string of the molecule is CC1(C)OB(C(=Cc2c(O)nc[nH]c2=O)CNC(=O)OCC2c3ccccc3-c3ccccc32)OC1(C)C. The molecule has 0 unspecified atom stereocenters. The van der Waals surface area contributed by atoms with Crippen molar-refractivity contribution in [1.29, 1.82) is 0 Å². The fourth-order valence-electron chi connectivity index (χ4n) is 4.74. The number of alkyl carbamates (subject to hydrolysis) is 1. The number of fused-ring (bicyclic) bond motifs is 3. The normalized spacial score (nSPS) is 17.7. The first-order valence-corrected chi connectivity index (χ1v) is 12.5. The highest BCUT2D eigenvalue weighted by Crippen LogP contribution is 2.44. The van der Waals surface area contributed by atoms with E-state index in [0.717, 1.165) is 28.6 Å². The molecule has 0 radical (unpaired) electrons. The maximum Gasteiger partial charge on any atom is 0.492 e. The lowest BCUT2D eigenvalue weighted by Gasteiger charge is -2.32. The van der Waals surface area contributed by atoms with E-state index in [1.54, 1.807) is 0 Å². The number of aromatic nitrogens is 2. The summed E-state index contributed by atoms with van der Waals surface area (Å²) in [6, 6.07) is 16.2. The quantitative estimate of drug-likeness (QED) is 0.424. The van der Waals surface area contributed by atoms with Crippen LogP contribution in [0.2, 0.25) is 0 Å². The Hall–Kier alpha value is -3.89. The van der Waals surface area contributed by atoms with E-state index in [1.165, 1.54) is 6.08 Å². The van der Waals surface area contributed by atoms with Crippen LogP contribution in [0.1, 0.15) is 50.3 Å². The van der Waals surface area contributed by atoms with Gasteiger partial charge >= 0.3 is 13.2 Å². The van der Waals surface area contributed by atoms with Crippen LogP contribution in [0.4, 0.5) is 4.79 Å². The van der Waals surface area contributed by atoms with E-state index in [4.69, 9.17) is 14.0 Å². The predicted molar refractivity (Wildman–Crippen MR) is 144 cm³/mol. The molecule has 5 rings (SSSR count). The van der Waals surface area contributed by atoms with Crippen LogP contribution in [0.15, 0.2) is 65.1 Å². The Balaban J connectivity index is 1.32. The third kappa shape index (κ3) is 4.73. The second-order valence-electron chi connectivity index (χ2n) is 10.5. The molecule has 2 heterocycles. The van der Waals surface area contributed by atoms with Crippen LogP contribution < -0.4 is 10.9 Å². The molecule has 1 fully saturated rings. The number of hydrogen-bond donors (Lipinski definition) is 3. The van der Waals surface area contributed by atoms with Gasteiger partial charge in [-0.2, -0.15) is 0 Å². The Morgan fingerprint density at radius 2 is 1.66 bits per heavy atom. The number of nitrogens with one attached hydrogen (secondary N) is 2. The fraction of sp³-hybridized carbons (Fsp3) is 0.321. The third-order valence-electron chi connectivity index (χ3n) is 7.53. The van der Waals surface area contributed by atoms with E-state index in [2.05, 4.69) is 39.6 Å². The van der Waals surface area contributed by atoms with Crippen molar-refractivity contribution >= 4 is 19.3 Å². The number of nitrogens with zero attached hydrogens (tertiary/aromatic N) is 1. The Morgan fingerprint density at radius 1 is 1.08 bits per heavy atom. The van der Waals surface area contributed by atoms with Gasteiger partial charge in [-0.1, -0.05) is 48.5 Å². The minimum absolute atomic E-state index is 0.0404. The first-order valence-electron chi connectivity index (χ1n) is 12.5. The number of amides is 1. The maximum absolute atomic E-state index is 12.8. The zero-order chi connectivity index (χ0) is 27.1. The van der Waals surface area contributed by atoms with Gasteiger partial charge in [0.25, 0.3) is 5.56 Å². The maximum atomic E-state index is 12.8. The standard InChI is InChI=1S/C28H30BN3O6/c1-27(2)28(3,4)38-29(37-27)17(13-22-24(33)31-16-32-25(22)34)14-30-26(35)36-15-23-20-11-7-5-9-18(20)19-10-6-8-12-21(19)23/h5-13,16,23H,14-15H2,1-4H3,(H,30,35)(H2,31,32,33,34). The van der Waals surface area contributed by atoms with Gasteiger partial charge in [-0.05, 0) is 61.5 Å². The van der Waals surface area contributed by atoms with E-state index in [0.29, 0.717) is 5.47 Å². The Kier molecular flexibility index (Phi) is 6.62. The molecule has 1 aliphatic heterocycles. The molecule has 1 saturated heterocycles. The van der Waals surface area contributed by atoms with Crippen LogP contribution in [-0.2, 0) is 14.0 Å². The summed E-state index contributed by atoms with van der Waals surface area (Å²) in [4.78, 5) is 31.3. The number of carbonyl (C=O) groups excluding carboxylic acids is 1. The van der Waals surface area contributed by atoms with Crippen molar-refractivity contribution < 1.29 is 23.9 Å². The monoisotopic (exact) mass is 515 g/mol. The fourth-order valence-corrected chi connectivity index (χ4v) is 4.74. The summed E-state index contributed by atoms with van der Waals surface area (Å²) >= 11 is 0. The van der Waals surface area contributed by atoms with Crippen molar-refractivity contribution in [3.05, 3.63) is 87.4 Å². The molecule has 38 heavy (non-hydrogen) atoms. The minimum Gasteiger partial charge on any atom is -0.493 e. The van der Waals surface area contributed by atoms with E-state index >= 15 is 0 Å². The van der Waals surface area contributed by atoms with Crippen molar-refractivity contribution in [2.45, 2.75) is 44.8 Å². The summed E-state index contributed by atoms with van der Waals surface area (Å²) in [5.74, 6) is -0.513. The van der Waals surface area contributed by atoms with E-state index in [1.807, 2.05) is 52.0 Å². The highest BCUT2D eigenvalue weighted by atomic mass is 16.7. The number of hydrogen-bond acceptors (Lipinski definition) is 7. The van der Waals surface area contributed by atoms with Crippen molar-refractivity contribution in [1.82, 2.24) is 15.3 Å². The number of carbonyl (C=O) groups is 1. The molecule has 1 aromatic heterocycles. The summed E-state index contributed by atoms with van der Waals surface area (Å²) in [6.45, 7) is 7.73. The number of benzene rings is 2. The molecule has 1 aliphatic carbocycles. The molecular weight excluding hydrogens is 485 g/mol. The zero-order valence-corrected chi connectivity index (χ0v) is 21.8. The molecule has 9 nitrogen and oxygen atoms in total. The van der Waals surface area contributed by atoms with Gasteiger partial charge in [0.1, 0.15) is 12.2 Å². The average molecular weight is 515 g/mol. The van der Waals surface area contributed by atoms with Gasteiger partial charge in [-0.3, -0.25) is 4.79 Å². The van der Waals surface area contributed by atoms with Gasteiger partial charge < -0.3 is 29.5 Å². The second-order valence-corrected chi connectivity index (χ2v) is 10.5. The molecule has 3 N–H and O–H groups in total. The average Bonchev–Trinajstić information content (AvgIpc) is 3.31. The molecule has 0 spiro atoms. The van der Waals surface area contributed by atoms with Crippen LogP contribution in [0.25, 0.3) is 17.2 Å². The molecule has 2 aromatic carbocycles. The second kappa shape index (κ2) is 9.77. The molecule has 3 aromatic rings. The van der Waals surface area contributed by atoms with Crippen molar-refractivity contribution in [3.8, 4) is 17.0 Å². The van der Waals surface area contributed by atoms with Crippen LogP contribution in [0.3, 0.4) is 0 Å². The largest absolute Gasteiger partial charge is 0.493 e. The number of ether oxygens (including phenoxy) is 1. The van der Waals surface area contributed by atoms with Gasteiger partial charge in [0.05, 0.1) is 17.5 Å². The van der Waals surface area contributed by atoms with Gasteiger partial charge in [-0.15, -0.1) is 0 Å². The molecule has 0 bridgehead atoms. The predicted octanol–water partition coefficient (Wildman–Crippen LogP) is 4.03. The van der Waals surface area contributed by atoms with Crippen molar-refractivity contribution in [2.24, 2.45) is 0 Å². The van der Waals surface area contributed by atoms with E-state index < -0.39 is 35.9 Å². The first kappa shape index (κ1) is 25.8. The molecule has 0 saturated carbocycles. The lowest BCUT2D eigenvalue weighted by Crippen LogP contribution is -2.41. The van der Waals surface area contributed by atoms with E-state index in [9.17, 15) is 14.7 Å². The minimum atomic E-state index is -0.868.